The second-order valence-corrected chi connectivity index (χ2v) is 4.06. The largest absolute Gasteiger partial charge is 0.328 e. The zero-order valence-corrected chi connectivity index (χ0v) is 10.1. The molecular weight excluding hydrogens is 246 g/mol. The number of carbonyl (C=O) groups is 1. The van der Waals surface area contributed by atoms with E-state index >= 15 is 0 Å². The van der Waals surface area contributed by atoms with Crippen LogP contribution in [0.4, 0.5) is 8.78 Å². The van der Waals surface area contributed by atoms with Crippen molar-refractivity contribution in [2.45, 2.75) is 5.92 Å². The number of alkyl halides is 2. The molecule has 0 spiro atoms. The quantitative estimate of drug-likeness (QED) is 0.750. The van der Waals surface area contributed by atoms with Crippen molar-refractivity contribution >= 4 is 11.9 Å². The van der Waals surface area contributed by atoms with Gasteiger partial charge in [-0.05, 0) is 11.6 Å². The monoisotopic (exact) mass is 258 g/mol. The summed E-state index contributed by atoms with van der Waals surface area (Å²) in [4.78, 5) is 11.7. The molecule has 0 saturated carbocycles. The van der Waals surface area contributed by atoms with Crippen LogP contribution in [-0.4, -0.2) is 11.7 Å². The van der Waals surface area contributed by atoms with E-state index in [2.05, 4.69) is 0 Å². The number of hydrogen-bond acceptors (Lipinski definition) is 1. The van der Waals surface area contributed by atoms with Crippen LogP contribution in [0.3, 0.4) is 0 Å². The van der Waals surface area contributed by atoms with Gasteiger partial charge in [-0.2, -0.15) is 8.78 Å². The molecule has 1 nitrogen and oxygen atoms in total. The SMILES string of the molecule is O=C(c1ccccc1)C(F)(F)/C=C/c1ccccc1. The highest BCUT2D eigenvalue weighted by Crippen LogP contribution is 2.22. The Morgan fingerprint density at radius 3 is 2.00 bits per heavy atom. The Morgan fingerprint density at radius 1 is 0.895 bits per heavy atom. The van der Waals surface area contributed by atoms with E-state index in [1.807, 2.05) is 0 Å². The number of rotatable bonds is 4. The summed E-state index contributed by atoms with van der Waals surface area (Å²) in [7, 11) is 0. The van der Waals surface area contributed by atoms with Gasteiger partial charge in [0.2, 0.25) is 5.78 Å². The van der Waals surface area contributed by atoms with Gasteiger partial charge in [-0.15, -0.1) is 0 Å². The fraction of sp³-hybridized carbons (Fsp3) is 0.0625. The Bertz CT molecular complexity index is 574. The minimum absolute atomic E-state index is 0.00483. The molecule has 3 heteroatoms. The summed E-state index contributed by atoms with van der Waals surface area (Å²) in [6, 6.07) is 16.2. The molecule has 0 saturated heterocycles. The van der Waals surface area contributed by atoms with E-state index in [0.717, 1.165) is 0 Å². The lowest BCUT2D eigenvalue weighted by Crippen LogP contribution is -2.25. The van der Waals surface area contributed by atoms with E-state index in [9.17, 15) is 13.6 Å². The third kappa shape index (κ3) is 3.35. The standard InChI is InChI=1S/C16H12F2O/c17-16(18,12-11-13-7-3-1-4-8-13)15(19)14-9-5-2-6-10-14/h1-12H/b12-11+. The third-order valence-corrected chi connectivity index (χ3v) is 2.62. The Kier molecular flexibility index (Phi) is 3.85. The second kappa shape index (κ2) is 5.57. The summed E-state index contributed by atoms with van der Waals surface area (Å²) in [5, 5.41) is 0. The number of ketones is 1. The molecule has 0 radical (unpaired) electrons. The van der Waals surface area contributed by atoms with Crippen molar-refractivity contribution in [1.29, 1.82) is 0 Å². The zero-order valence-electron chi connectivity index (χ0n) is 10.1. The molecule has 2 rings (SSSR count). The molecule has 2 aromatic carbocycles. The van der Waals surface area contributed by atoms with Crippen molar-refractivity contribution in [3.05, 3.63) is 77.9 Å². The summed E-state index contributed by atoms with van der Waals surface area (Å²) >= 11 is 0. The number of allylic oxidation sites excluding steroid dienone is 1. The Labute approximate surface area is 110 Å². The normalized spacial score (nSPS) is 11.7. The highest BCUT2D eigenvalue weighted by Gasteiger charge is 2.35. The first kappa shape index (κ1) is 13.1. The van der Waals surface area contributed by atoms with Gasteiger partial charge in [0.25, 0.3) is 0 Å². The molecule has 0 aliphatic carbocycles. The summed E-state index contributed by atoms with van der Waals surface area (Å²) in [5.74, 6) is -4.70. The Morgan fingerprint density at radius 2 is 1.42 bits per heavy atom. The van der Waals surface area contributed by atoms with Gasteiger partial charge < -0.3 is 0 Å². The van der Waals surface area contributed by atoms with Crippen molar-refractivity contribution in [2.75, 3.05) is 0 Å². The molecule has 0 N–H and O–H groups in total. The Balaban J connectivity index is 2.19. The van der Waals surface area contributed by atoms with Crippen LogP contribution in [0.2, 0.25) is 0 Å². The fourth-order valence-electron chi connectivity index (χ4n) is 1.62. The van der Waals surface area contributed by atoms with E-state index in [1.165, 1.54) is 18.2 Å². The molecule has 0 bridgehead atoms. The Hall–Kier alpha value is -2.29. The van der Waals surface area contributed by atoms with Gasteiger partial charge in [-0.25, -0.2) is 0 Å². The highest BCUT2D eigenvalue weighted by atomic mass is 19.3. The van der Waals surface area contributed by atoms with Crippen molar-refractivity contribution in [2.24, 2.45) is 0 Å². The first-order valence-electron chi connectivity index (χ1n) is 5.81. The molecule has 2 aromatic rings. The average Bonchev–Trinajstić information content (AvgIpc) is 2.46. The van der Waals surface area contributed by atoms with Crippen LogP contribution >= 0.6 is 0 Å². The lowest BCUT2D eigenvalue weighted by molar-refractivity contribution is 0.0385. The van der Waals surface area contributed by atoms with Crippen LogP contribution in [0.25, 0.3) is 6.08 Å². The first-order chi connectivity index (χ1) is 9.09. The van der Waals surface area contributed by atoms with Crippen LogP contribution in [0.15, 0.2) is 66.7 Å². The molecule has 0 aliphatic heterocycles. The molecular formula is C16H12F2O. The first-order valence-corrected chi connectivity index (χ1v) is 5.81. The minimum Gasteiger partial charge on any atom is -0.287 e. The molecule has 0 amide bonds. The van der Waals surface area contributed by atoms with E-state index in [0.29, 0.717) is 11.6 Å². The van der Waals surface area contributed by atoms with Gasteiger partial charge in [-0.1, -0.05) is 66.7 Å². The molecule has 0 aliphatic rings. The van der Waals surface area contributed by atoms with Gasteiger partial charge in [0.15, 0.2) is 0 Å². The van der Waals surface area contributed by atoms with Gasteiger partial charge in [-0.3, -0.25) is 4.79 Å². The molecule has 96 valence electrons. The van der Waals surface area contributed by atoms with Crippen molar-refractivity contribution in [3.63, 3.8) is 0 Å². The minimum atomic E-state index is -3.50. The van der Waals surface area contributed by atoms with E-state index < -0.39 is 11.7 Å². The summed E-state index contributed by atoms with van der Waals surface area (Å²) < 4.78 is 27.5. The van der Waals surface area contributed by atoms with Crippen LogP contribution < -0.4 is 0 Å². The number of carbonyl (C=O) groups excluding carboxylic acids is 1. The number of benzene rings is 2. The van der Waals surface area contributed by atoms with Crippen molar-refractivity contribution in [1.82, 2.24) is 0 Å². The average molecular weight is 258 g/mol. The van der Waals surface area contributed by atoms with Gasteiger partial charge >= 0.3 is 5.92 Å². The van der Waals surface area contributed by atoms with Crippen molar-refractivity contribution < 1.29 is 13.6 Å². The maximum absolute atomic E-state index is 13.8. The van der Waals surface area contributed by atoms with Crippen LogP contribution in [0.5, 0.6) is 0 Å². The van der Waals surface area contributed by atoms with Crippen LogP contribution in [0, 0.1) is 0 Å². The molecule has 0 unspecified atom stereocenters. The predicted octanol–water partition coefficient (Wildman–Crippen LogP) is 4.22. The van der Waals surface area contributed by atoms with Gasteiger partial charge in [0, 0.05) is 5.56 Å². The van der Waals surface area contributed by atoms with E-state index in [1.54, 1.807) is 48.5 Å². The molecule has 0 fully saturated rings. The molecule has 0 aromatic heterocycles. The summed E-state index contributed by atoms with van der Waals surface area (Å²) in [6.07, 6.45) is 1.89. The highest BCUT2D eigenvalue weighted by molar-refractivity contribution is 6.03. The second-order valence-electron chi connectivity index (χ2n) is 4.06. The summed E-state index contributed by atoms with van der Waals surface area (Å²) in [6.45, 7) is 0. The third-order valence-electron chi connectivity index (χ3n) is 2.62. The number of halogens is 2. The van der Waals surface area contributed by atoms with Crippen LogP contribution in [-0.2, 0) is 0 Å². The van der Waals surface area contributed by atoms with Gasteiger partial charge in [0.05, 0.1) is 0 Å². The van der Waals surface area contributed by atoms with E-state index in [4.69, 9.17) is 0 Å². The molecule has 19 heavy (non-hydrogen) atoms. The van der Waals surface area contributed by atoms with Crippen LogP contribution in [0.1, 0.15) is 15.9 Å². The lowest BCUT2D eigenvalue weighted by atomic mass is 10.0. The molecule has 0 heterocycles. The number of hydrogen-bond donors (Lipinski definition) is 0. The topological polar surface area (TPSA) is 17.1 Å². The van der Waals surface area contributed by atoms with Gasteiger partial charge in [0.1, 0.15) is 0 Å². The number of Topliss-reactive ketones (excluding diaryl/α,β-unsaturated/α-hetero) is 1. The smallest absolute Gasteiger partial charge is 0.287 e. The van der Waals surface area contributed by atoms with Crippen molar-refractivity contribution in [3.8, 4) is 0 Å². The molecule has 0 atom stereocenters. The summed E-state index contributed by atoms with van der Waals surface area (Å²) in [5.41, 5.74) is 0.633. The zero-order chi connectivity index (χ0) is 13.7. The van der Waals surface area contributed by atoms with E-state index in [-0.39, 0.29) is 5.56 Å². The maximum Gasteiger partial charge on any atom is 0.328 e. The predicted molar refractivity (Wildman–Crippen MR) is 71.2 cm³/mol. The fourth-order valence-corrected chi connectivity index (χ4v) is 1.62. The maximum atomic E-state index is 13.8. The lowest BCUT2D eigenvalue weighted by Gasteiger charge is -2.10.